The maximum atomic E-state index is 13.5. The predicted molar refractivity (Wildman–Crippen MR) is 64.7 cm³/mol. The van der Waals surface area contributed by atoms with Crippen LogP contribution in [0.25, 0.3) is 0 Å². The first-order valence-corrected chi connectivity index (χ1v) is 5.68. The summed E-state index contributed by atoms with van der Waals surface area (Å²) in [5.74, 6) is -3.05. The summed E-state index contributed by atoms with van der Waals surface area (Å²) < 4.78 is 39.4. The van der Waals surface area contributed by atoms with Crippen molar-refractivity contribution in [1.29, 1.82) is 0 Å². The standard InChI is InChI=1S/C12H18F3N3/c1-18(2)4-3-17-12(7-16)8-5-10(14)11(15)6-9(8)13/h5-6,12,17H,3-4,7,16H2,1-2H3. The summed E-state index contributed by atoms with van der Waals surface area (Å²) in [7, 11) is 3.80. The lowest BCUT2D eigenvalue weighted by Crippen LogP contribution is -2.34. The van der Waals surface area contributed by atoms with Gasteiger partial charge in [-0.2, -0.15) is 0 Å². The average molecular weight is 261 g/mol. The van der Waals surface area contributed by atoms with Crippen LogP contribution in [-0.2, 0) is 0 Å². The molecule has 0 aliphatic heterocycles. The molecule has 0 bridgehead atoms. The second-order valence-corrected chi connectivity index (χ2v) is 4.33. The Balaban J connectivity index is 2.78. The van der Waals surface area contributed by atoms with E-state index in [2.05, 4.69) is 5.32 Å². The fourth-order valence-electron chi connectivity index (χ4n) is 1.59. The minimum absolute atomic E-state index is 0.0511. The molecule has 3 N–H and O–H groups in total. The van der Waals surface area contributed by atoms with E-state index >= 15 is 0 Å². The average Bonchev–Trinajstić information content (AvgIpc) is 2.30. The number of nitrogens with zero attached hydrogens (tertiary/aromatic N) is 1. The molecule has 0 saturated heterocycles. The van der Waals surface area contributed by atoms with Crippen LogP contribution in [0.5, 0.6) is 0 Å². The molecule has 18 heavy (non-hydrogen) atoms. The van der Waals surface area contributed by atoms with Crippen LogP contribution < -0.4 is 11.1 Å². The lowest BCUT2D eigenvalue weighted by Gasteiger charge is -2.19. The van der Waals surface area contributed by atoms with Gasteiger partial charge in [-0.05, 0) is 20.2 Å². The molecule has 6 heteroatoms. The molecule has 0 fully saturated rings. The highest BCUT2D eigenvalue weighted by atomic mass is 19.2. The van der Waals surface area contributed by atoms with Gasteiger partial charge in [0.15, 0.2) is 11.6 Å². The van der Waals surface area contributed by atoms with Crippen LogP contribution in [0.1, 0.15) is 11.6 Å². The van der Waals surface area contributed by atoms with Crippen LogP contribution in [0.15, 0.2) is 12.1 Å². The van der Waals surface area contributed by atoms with E-state index in [1.807, 2.05) is 19.0 Å². The van der Waals surface area contributed by atoms with Gasteiger partial charge in [0.2, 0.25) is 0 Å². The molecule has 0 aromatic heterocycles. The second kappa shape index (κ2) is 6.72. The number of benzene rings is 1. The zero-order chi connectivity index (χ0) is 13.7. The van der Waals surface area contributed by atoms with Crippen LogP contribution in [0.3, 0.4) is 0 Å². The van der Waals surface area contributed by atoms with Gasteiger partial charge in [0.05, 0.1) is 0 Å². The minimum Gasteiger partial charge on any atom is -0.329 e. The Hall–Kier alpha value is -1.11. The first-order valence-electron chi connectivity index (χ1n) is 5.68. The quantitative estimate of drug-likeness (QED) is 0.757. The van der Waals surface area contributed by atoms with Crippen molar-refractivity contribution in [2.24, 2.45) is 5.73 Å². The lowest BCUT2D eigenvalue weighted by atomic mass is 10.1. The van der Waals surface area contributed by atoms with Crippen molar-refractivity contribution in [3.63, 3.8) is 0 Å². The Labute approximate surface area is 105 Å². The lowest BCUT2D eigenvalue weighted by molar-refractivity contribution is 0.381. The number of nitrogens with one attached hydrogen (secondary N) is 1. The highest BCUT2D eigenvalue weighted by molar-refractivity contribution is 5.23. The van der Waals surface area contributed by atoms with Gasteiger partial charge in [0.1, 0.15) is 5.82 Å². The van der Waals surface area contributed by atoms with Gasteiger partial charge >= 0.3 is 0 Å². The third kappa shape index (κ3) is 3.97. The summed E-state index contributed by atoms with van der Waals surface area (Å²) in [6.07, 6.45) is 0. The fraction of sp³-hybridized carbons (Fsp3) is 0.500. The highest BCUT2D eigenvalue weighted by Crippen LogP contribution is 2.19. The first-order chi connectivity index (χ1) is 8.45. The van der Waals surface area contributed by atoms with E-state index in [-0.39, 0.29) is 12.1 Å². The van der Waals surface area contributed by atoms with Crippen molar-refractivity contribution in [3.8, 4) is 0 Å². The fourth-order valence-corrected chi connectivity index (χ4v) is 1.59. The van der Waals surface area contributed by atoms with E-state index in [0.29, 0.717) is 12.6 Å². The Kier molecular flexibility index (Phi) is 5.58. The van der Waals surface area contributed by atoms with Crippen molar-refractivity contribution in [2.45, 2.75) is 6.04 Å². The molecule has 1 rings (SSSR count). The van der Waals surface area contributed by atoms with Crippen molar-refractivity contribution in [3.05, 3.63) is 35.1 Å². The molecule has 0 heterocycles. The van der Waals surface area contributed by atoms with Gasteiger partial charge < -0.3 is 16.0 Å². The van der Waals surface area contributed by atoms with Gasteiger partial charge in [0.25, 0.3) is 0 Å². The second-order valence-electron chi connectivity index (χ2n) is 4.33. The Morgan fingerprint density at radius 2 is 1.78 bits per heavy atom. The molecular weight excluding hydrogens is 243 g/mol. The highest BCUT2D eigenvalue weighted by Gasteiger charge is 2.17. The number of rotatable bonds is 6. The first kappa shape index (κ1) is 14.9. The van der Waals surface area contributed by atoms with Crippen molar-refractivity contribution in [2.75, 3.05) is 33.7 Å². The molecule has 1 aromatic carbocycles. The molecule has 0 spiro atoms. The van der Waals surface area contributed by atoms with E-state index in [0.717, 1.165) is 12.6 Å². The minimum atomic E-state index is -1.19. The van der Waals surface area contributed by atoms with E-state index in [4.69, 9.17) is 5.73 Å². The summed E-state index contributed by atoms with van der Waals surface area (Å²) in [5.41, 5.74) is 5.57. The summed E-state index contributed by atoms with van der Waals surface area (Å²) >= 11 is 0. The number of halogens is 3. The van der Waals surface area contributed by atoms with Gasteiger partial charge in [0, 0.05) is 37.3 Å². The van der Waals surface area contributed by atoms with Crippen LogP contribution in [0, 0.1) is 17.5 Å². The topological polar surface area (TPSA) is 41.3 Å². The zero-order valence-electron chi connectivity index (χ0n) is 10.5. The molecule has 1 aromatic rings. The normalized spacial score (nSPS) is 13.1. The van der Waals surface area contributed by atoms with E-state index in [9.17, 15) is 13.2 Å². The smallest absolute Gasteiger partial charge is 0.161 e. The Morgan fingerprint density at radius 1 is 1.17 bits per heavy atom. The summed E-state index contributed by atoms with van der Waals surface area (Å²) in [5, 5.41) is 3.01. The van der Waals surface area contributed by atoms with Crippen LogP contribution in [0.4, 0.5) is 13.2 Å². The molecule has 3 nitrogen and oxygen atoms in total. The SMILES string of the molecule is CN(C)CCNC(CN)c1cc(F)c(F)cc1F. The third-order valence-corrected chi connectivity index (χ3v) is 2.60. The van der Waals surface area contributed by atoms with Gasteiger partial charge in [-0.25, -0.2) is 13.2 Å². The number of hydrogen-bond donors (Lipinski definition) is 2. The summed E-state index contributed by atoms with van der Waals surface area (Å²) in [6.45, 7) is 1.42. The third-order valence-electron chi connectivity index (χ3n) is 2.60. The van der Waals surface area contributed by atoms with E-state index in [1.165, 1.54) is 0 Å². The largest absolute Gasteiger partial charge is 0.329 e. The van der Waals surface area contributed by atoms with E-state index in [1.54, 1.807) is 0 Å². The number of hydrogen-bond acceptors (Lipinski definition) is 3. The molecule has 0 saturated carbocycles. The Bertz CT molecular complexity index is 396. The maximum absolute atomic E-state index is 13.5. The predicted octanol–water partition coefficient (Wildman–Crippen LogP) is 1.25. The van der Waals surface area contributed by atoms with Crippen molar-refractivity contribution in [1.82, 2.24) is 10.2 Å². The molecule has 0 aliphatic carbocycles. The van der Waals surface area contributed by atoms with Gasteiger partial charge in [-0.15, -0.1) is 0 Å². The number of nitrogens with two attached hydrogens (primary N) is 1. The molecule has 0 radical (unpaired) electrons. The Morgan fingerprint density at radius 3 is 2.33 bits per heavy atom. The summed E-state index contributed by atoms with van der Waals surface area (Å²) in [4.78, 5) is 1.95. The molecule has 0 amide bonds. The van der Waals surface area contributed by atoms with Crippen molar-refractivity contribution < 1.29 is 13.2 Å². The molecule has 1 unspecified atom stereocenters. The van der Waals surface area contributed by atoms with Gasteiger partial charge in [-0.3, -0.25) is 0 Å². The van der Waals surface area contributed by atoms with E-state index < -0.39 is 23.5 Å². The number of likely N-dealkylation sites (N-methyl/N-ethyl adjacent to an activating group) is 1. The van der Waals surface area contributed by atoms with Crippen molar-refractivity contribution >= 4 is 0 Å². The van der Waals surface area contributed by atoms with Crippen LogP contribution in [0.2, 0.25) is 0 Å². The molecule has 0 aliphatic rings. The molecule has 1 atom stereocenters. The van der Waals surface area contributed by atoms with Crippen LogP contribution >= 0.6 is 0 Å². The zero-order valence-corrected chi connectivity index (χ0v) is 10.5. The maximum Gasteiger partial charge on any atom is 0.161 e. The monoisotopic (exact) mass is 261 g/mol. The molecular formula is C12H18F3N3. The van der Waals surface area contributed by atoms with Gasteiger partial charge in [-0.1, -0.05) is 0 Å². The molecule has 102 valence electrons. The van der Waals surface area contributed by atoms with Crippen LogP contribution in [-0.4, -0.2) is 38.6 Å². The summed E-state index contributed by atoms with van der Waals surface area (Å²) in [6, 6.07) is 0.867.